The van der Waals surface area contributed by atoms with Crippen molar-refractivity contribution in [3.63, 3.8) is 0 Å². The lowest BCUT2D eigenvalue weighted by molar-refractivity contribution is 0.296. The zero-order chi connectivity index (χ0) is 15.2. The van der Waals surface area contributed by atoms with E-state index in [2.05, 4.69) is 11.8 Å². The molecule has 108 valence electrons. The van der Waals surface area contributed by atoms with E-state index in [1.807, 2.05) is 0 Å². The fourth-order valence-electron chi connectivity index (χ4n) is 1.68. The second-order valence-electron chi connectivity index (χ2n) is 4.10. The van der Waals surface area contributed by atoms with Gasteiger partial charge in [-0.2, -0.15) is 0 Å². The molecule has 2 aromatic rings. The van der Waals surface area contributed by atoms with Gasteiger partial charge in [-0.3, -0.25) is 0 Å². The third-order valence-electron chi connectivity index (χ3n) is 2.66. The summed E-state index contributed by atoms with van der Waals surface area (Å²) >= 11 is 0. The summed E-state index contributed by atoms with van der Waals surface area (Å²) in [5.41, 5.74) is 0.265. The van der Waals surface area contributed by atoms with Crippen LogP contribution in [0.1, 0.15) is 11.1 Å². The van der Waals surface area contributed by atoms with Gasteiger partial charge in [0.1, 0.15) is 24.8 Å². The number of halogens is 3. The van der Waals surface area contributed by atoms with Crippen molar-refractivity contribution >= 4 is 0 Å². The number of hydrogen-bond acceptors (Lipinski definition) is 2. The van der Waals surface area contributed by atoms with Crippen LogP contribution in [-0.2, 0) is 6.61 Å². The predicted molar refractivity (Wildman–Crippen MR) is 71.1 cm³/mol. The van der Waals surface area contributed by atoms with E-state index in [1.54, 1.807) is 0 Å². The first-order valence-corrected chi connectivity index (χ1v) is 6.07. The van der Waals surface area contributed by atoms with Crippen molar-refractivity contribution in [1.82, 2.24) is 0 Å². The van der Waals surface area contributed by atoms with Gasteiger partial charge in [-0.25, -0.2) is 13.2 Å². The van der Waals surface area contributed by atoms with Crippen LogP contribution in [0.4, 0.5) is 13.2 Å². The van der Waals surface area contributed by atoms with Crippen molar-refractivity contribution in [2.45, 2.75) is 6.61 Å². The molecule has 0 aliphatic carbocycles. The van der Waals surface area contributed by atoms with E-state index >= 15 is 0 Å². The van der Waals surface area contributed by atoms with Crippen LogP contribution in [-0.4, -0.2) is 11.7 Å². The number of benzene rings is 2. The number of hydrogen-bond donors (Lipinski definition) is 1. The van der Waals surface area contributed by atoms with Gasteiger partial charge in [0.05, 0.1) is 5.56 Å². The Morgan fingerprint density at radius 3 is 2.67 bits per heavy atom. The van der Waals surface area contributed by atoms with Gasteiger partial charge < -0.3 is 9.84 Å². The lowest BCUT2D eigenvalue weighted by atomic mass is 10.2. The molecule has 0 aliphatic heterocycles. The monoisotopic (exact) mass is 292 g/mol. The summed E-state index contributed by atoms with van der Waals surface area (Å²) in [6.07, 6.45) is 0. The Hall–Kier alpha value is -2.45. The van der Waals surface area contributed by atoms with E-state index in [4.69, 9.17) is 9.84 Å². The van der Waals surface area contributed by atoms with E-state index in [0.29, 0.717) is 0 Å². The second kappa shape index (κ2) is 6.82. The smallest absolute Gasteiger partial charge is 0.165 e. The van der Waals surface area contributed by atoms with Crippen LogP contribution in [0.25, 0.3) is 0 Å². The van der Waals surface area contributed by atoms with E-state index < -0.39 is 17.5 Å². The van der Waals surface area contributed by atoms with Gasteiger partial charge in [0.15, 0.2) is 11.6 Å². The molecule has 21 heavy (non-hydrogen) atoms. The van der Waals surface area contributed by atoms with Gasteiger partial charge >= 0.3 is 0 Å². The first-order chi connectivity index (χ1) is 10.1. The van der Waals surface area contributed by atoms with Gasteiger partial charge in [0.2, 0.25) is 0 Å². The Kier molecular flexibility index (Phi) is 4.85. The zero-order valence-corrected chi connectivity index (χ0v) is 10.9. The number of aliphatic hydroxyl groups is 1. The highest BCUT2D eigenvalue weighted by Gasteiger charge is 2.09. The summed E-state index contributed by atoms with van der Waals surface area (Å²) in [5.74, 6) is 2.67. The van der Waals surface area contributed by atoms with Crippen molar-refractivity contribution in [2.24, 2.45) is 0 Å². The maximum atomic E-state index is 13.5. The van der Waals surface area contributed by atoms with E-state index in [0.717, 1.165) is 12.1 Å². The van der Waals surface area contributed by atoms with Gasteiger partial charge in [-0.05, 0) is 24.3 Å². The van der Waals surface area contributed by atoms with Crippen molar-refractivity contribution in [1.29, 1.82) is 0 Å². The topological polar surface area (TPSA) is 29.5 Å². The predicted octanol–water partition coefficient (Wildman–Crippen LogP) is 3.03. The molecule has 2 aromatic carbocycles. The molecule has 1 N–H and O–H groups in total. The van der Waals surface area contributed by atoms with Crippen molar-refractivity contribution in [3.8, 4) is 17.6 Å². The molecule has 0 aromatic heterocycles. The summed E-state index contributed by atoms with van der Waals surface area (Å²) in [6, 6.07) is 7.42. The third kappa shape index (κ3) is 3.77. The Morgan fingerprint density at radius 1 is 1.10 bits per heavy atom. The highest BCUT2D eigenvalue weighted by Crippen LogP contribution is 2.21. The summed E-state index contributed by atoms with van der Waals surface area (Å²) in [4.78, 5) is 0. The molecule has 0 aliphatic rings. The largest absolute Gasteiger partial charge is 0.487 e. The van der Waals surface area contributed by atoms with Crippen LogP contribution < -0.4 is 4.74 Å². The number of ether oxygens (including phenoxy) is 1. The van der Waals surface area contributed by atoms with Crippen molar-refractivity contribution in [2.75, 3.05) is 6.61 Å². The SMILES string of the molecule is OCC#Cc1cc(F)ccc1OCc1cccc(F)c1F. The Labute approximate surface area is 119 Å². The fraction of sp³-hybridized carbons (Fsp3) is 0.125. The molecule has 0 spiro atoms. The van der Waals surface area contributed by atoms with Crippen LogP contribution >= 0.6 is 0 Å². The molecule has 0 heterocycles. The van der Waals surface area contributed by atoms with Crippen LogP contribution in [0.2, 0.25) is 0 Å². The minimum atomic E-state index is -0.984. The van der Waals surface area contributed by atoms with Crippen molar-refractivity contribution < 1.29 is 23.0 Å². The minimum absolute atomic E-state index is 0.0420. The molecule has 0 fully saturated rings. The molecular weight excluding hydrogens is 281 g/mol. The molecule has 2 nitrogen and oxygen atoms in total. The normalized spacial score (nSPS) is 9.90. The van der Waals surface area contributed by atoms with Gasteiger partial charge in [0.25, 0.3) is 0 Å². The highest BCUT2D eigenvalue weighted by atomic mass is 19.2. The van der Waals surface area contributed by atoms with E-state index in [9.17, 15) is 13.2 Å². The molecular formula is C16H11F3O2. The van der Waals surface area contributed by atoms with Crippen LogP contribution in [0, 0.1) is 29.3 Å². The maximum Gasteiger partial charge on any atom is 0.165 e. The fourth-order valence-corrected chi connectivity index (χ4v) is 1.68. The summed E-state index contributed by atoms with van der Waals surface area (Å²) in [6.45, 7) is -0.600. The number of rotatable bonds is 3. The second-order valence-corrected chi connectivity index (χ2v) is 4.10. The van der Waals surface area contributed by atoms with Crippen LogP contribution in [0.3, 0.4) is 0 Å². The average Bonchev–Trinajstić information content (AvgIpc) is 2.48. The van der Waals surface area contributed by atoms with E-state index in [-0.39, 0.29) is 30.1 Å². The first kappa shape index (κ1) is 14.9. The van der Waals surface area contributed by atoms with E-state index in [1.165, 1.54) is 24.3 Å². The molecule has 0 bridgehead atoms. The molecule has 0 amide bonds. The summed E-state index contributed by atoms with van der Waals surface area (Å²) in [7, 11) is 0. The van der Waals surface area contributed by atoms with Gasteiger partial charge in [-0.15, -0.1) is 0 Å². The van der Waals surface area contributed by atoms with Gasteiger partial charge in [-0.1, -0.05) is 24.0 Å². The Balaban J connectivity index is 2.22. The molecule has 0 saturated heterocycles. The standard InChI is InChI=1S/C16H11F3O2/c17-13-6-7-15(11(9-13)4-2-8-20)21-10-12-3-1-5-14(18)16(12)19/h1,3,5-7,9,20H,8,10H2. The summed E-state index contributed by atoms with van der Waals surface area (Å²) < 4.78 is 45.1. The Morgan fingerprint density at radius 2 is 1.90 bits per heavy atom. The van der Waals surface area contributed by atoms with Crippen molar-refractivity contribution in [3.05, 3.63) is 65.0 Å². The van der Waals surface area contributed by atoms with Crippen LogP contribution in [0.15, 0.2) is 36.4 Å². The molecule has 0 radical (unpaired) electrons. The average molecular weight is 292 g/mol. The molecule has 0 unspecified atom stereocenters. The Bertz CT molecular complexity index is 702. The minimum Gasteiger partial charge on any atom is -0.487 e. The molecule has 0 atom stereocenters. The quantitative estimate of drug-likeness (QED) is 0.881. The number of aliphatic hydroxyl groups excluding tert-OH is 1. The lowest BCUT2D eigenvalue weighted by Crippen LogP contribution is -2.01. The van der Waals surface area contributed by atoms with Crippen LogP contribution in [0.5, 0.6) is 5.75 Å². The first-order valence-electron chi connectivity index (χ1n) is 6.07. The highest BCUT2D eigenvalue weighted by molar-refractivity contribution is 5.46. The lowest BCUT2D eigenvalue weighted by Gasteiger charge is -2.09. The molecule has 5 heteroatoms. The molecule has 2 rings (SSSR count). The molecule has 0 saturated carbocycles. The third-order valence-corrected chi connectivity index (χ3v) is 2.66. The zero-order valence-electron chi connectivity index (χ0n) is 10.9. The summed E-state index contributed by atoms with van der Waals surface area (Å²) in [5, 5.41) is 8.66. The maximum absolute atomic E-state index is 13.5. The van der Waals surface area contributed by atoms with Gasteiger partial charge in [0, 0.05) is 5.56 Å².